The molecule has 0 radical (unpaired) electrons. The Morgan fingerprint density at radius 3 is 2.60 bits per heavy atom. The third-order valence-electron chi connectivity index (χ3n) is 4.70. The maximum Gasteiger partial charge on any atom is 0.435 e. The summed E-state index contributed by atoms with van der Waals surface area (Å²) in [4.78, 5) is 6.80. The third-order valence-corrected chi connectivity index (χ3v) is 4.70. The van der Waals surface area contributed by atoms with Crippen LogP contribution in [0.15, 0.2) is 29.4 Å². The van der Waals surface area contributed by atoms with E-state index < -0.39 is 11.9 Å². The van der Waals surface area contributed by atoms with E-state index >= 15 is 0 Å². The highest BCUT2D eigenvalue weighted by atomic mass is 19.4. The predicted molar refractivity (Wildman–Crippen MR) is 89.0 cm³/mol. The first-order valence-electron chi connectivity index (χ1n) is 7.93. The number of H-pyrrole nitrogens is 1. The third kappa shape index (κ3) is 2.37. The predicted octanol–water partition coefficient (Wildman–Crippen LogP) is 4.89. The first-order chi connectivity index (χ1) is 11.7. The molecular weight excluding hydrogens is 331 g/mol. The normalized spacial score (nSPS) is 18.8. The molecule has 0 saturated carbocycles. The molecule has 0 atom stereocenters. The Morgan fingerprint density at radius 1 is 1.20 bits per heavy atom. The summed E-state index contributed by atoms with van der Waals surface area (Å²) < 4.78 is 40.9. The molecule has 2 aromatic heterocycles. The molecule has 0 saturated heterocycles. The number of nitrogens with zero attached hydrogens (tertiary/aromatic N) is 2. The summed E-state index contributed by atoms with van der Waals surface area (Å²) in [5, 5.41) is 14.0. The number of pyridine rings is 1. The van der Waals surface area contributed by atoms with E-state index in [1.807, 2.05) is 13.8 Å². The van der Waals surface area contributed by atoms with Crippen LogP contribution in [0.3, 0.4) is 0 Å². The van der Waals surface area contributed by atoms with Crippen LogP contribution in [0.1, 0.15) is 37.2 Å². The Bertz CT molecular complexity index is 1030. The fraction of sp³-hybridized carbons (Fsp3) is 0.333. The Kier molecular flexibility index (Phi) is 3.17. The smallest absolute Gasteiger partial charge is 0.411 e. The van der Waals surface area contributed by atoms with Crippen LogP contribution in [0.4, 0.5) is 13.2 Å². The number of hydrogen-bond acceptors (Lipinski definition) is 3. The van der Waals surface area contributed by atoms with Crippen molar-refractivity contribution in [3.8, 4) is 0 Å². The van der Waals surface area contributed by atoms with Gasteiger partial charge < -0.3 is 10.2 Å². The van der Waals surface area contributed by atoms with Crippen LogP contribution >= 0.6 is 0 Å². The standard InChI is InChI=1S/C18H16F3N3O/c1-17(2)7-11-14(12(8-17)24-25)13-9-5-3-4-6-10(9)22-15(13)16(23-11)18(19,20)21/h3-6,22,25H,7-8H2,1-2H3/b24-12+. The molecule has 0 bridgehead atoms. The number of nitrogens with one attached hydrogen (secondary N) is 1. The second-order valence-electron chi connectivity index (χ2n) is 7.26. The monoisotopic (exact) mass is 347 g/mol. The van der Waals surface area contributed by atoms with Crippen molar-refractivity contribution in [2.75, 3.05) is 0 Å². The van der Waals surface area contributed by atoms with Gasteiger partial charge in [-0.25, -0.2) is 4.98 Å². The van der Waals surface area contributed by atoms with Gasteiger partial charge in [-0.05, 0) is 24.3 Å². The molecule has 130 valence electrons. The van der Waals surface area contributed by atoms with Gasteiger partial charge in [-0.3, -0.25) is 0 Å². The molecule has 0 aliphatic heterocycles. The average Bonchev–Trinajstić information content (AvgIpc) is 2.90. The molecule has 4 nitrogen and oxygen atoms in total. The van der Waals surface area contributed by atoms with Crippen molar-refractivity contribution in [2.45, 2.75) is 32.9 Å². The first kappa shape index (κ1) is 15.9. The minimum atomic E-state index is -4.58. The molecule has 2 heterocycles. The van der Waals surface area contributed by atoms with E-state index in [0.717, 1.165) is 0 Å². The van der Waals surface area contributed by atoms with E-state index in [1.54, 1.807) is 24.3 Å². The van der Waals surface area contributed by atoms with Crippen LogP contribution < -0.4 is 0 Å². The molecule has 0 fully saturated rings. The highest BCUT2D eigenvalue weighted by Gasteiger charge is 2.40. The molecule has 1 aliphatic carbocycles. The van der Waals surface area contributed by atoms with Gasteiger partial charge in [-0.1, -0.05) is 37.2 Å². The van der Waals surface area contributed by atoms with E-state index in [9.17, 15) is 18.4 Å². The quantitative estimate of drug-likeness (QED) is 0.449. The Balaban J connectivity index is 2.22. The largest absolute Gasteiger partial charge is 0.435 e. The molecule has 7 heteroatoms. The summed E-state index contributed by atoms with van der Waals surface area (Å²) in [6, 6.07) is 7.03. The van der Waals surface area contributed by atoms with Gasteiger partial charge >= 0.3 is 6.18 Å². The Hall–Kier alpha value is -2.57. The van der Waals surface area contributed by atoms with Crippen LogP contribution in [-0.2, 0) is 12.6 Å². The number of rotatable bonds is 0. The maximum atomic E-state index is 13.6. The summed E-state index contributed by atoms with van der Waals surface area (Å²) in [5.74, 6) is 0. The van der Waals surface area contributed by atoms with E-state index in [4.69, 9.17) is 0 Å². The lowest BCUT2D eigenvalue weighted by Crippen LogP contribution is -2.29. The van der Waals surface area contributed by atoms with Crippen molar-refractivity contribution in [1.82, 2.24) is 9.97 Å². The van der Waals surface area contributed by atoms with Gasteiger partial charge in [-0.2, -0.15) is 13.2 Å². The second-order valence-corrected chi connectivity index (χ2v) is 7.26. The van der Waals surface area contributed by atoms with Crippen molar-refractivity contribution in [1.29, 1.82) is 0 Å². The summed E-state index contributed by atoms with van der Waals surface area (Å²) in [6.07, 6.45) is -3.72. The van der Waals surface area contributed by atoms with Gasteiger partial charge in [0.2, 0.25) is 0 Å². The van der Waals surface area contributed by atoms with Gasteiger partial charge in [0, 0.05) is 21.9 Å². The maximum absolute atomic E-state index is 13.6. The lowest BCUT2D eigenvalue weighted by atomic mass is 9.74. The lowest BCUT2D eigenvalue weighted by molar-refractivity contribution is -0.140. The highest BCUT2D eigenvalue weighted by molar-refractivity contribution is 6.21. The van der Waals surface area contributed by atoms with Crippen molar-refractivity contribution in [2.24, 2.45) is 10.6 Å². The number of fused-ring (bicyclic) bond motifs is 5. The lowest BCUT2D eigenvalue weighted by Gasteiger charge is -2.31. The topological polar surface area (TPSA) is 61.3 Å². The summed E-state index contributed by atoms with van der Waals surface area (Å²) >= 11 is 0. The van der Waals surface area contributed by atoms with Gasteiger partial charge in [0.15, 0.2) is 5.69 Å². The molecular formula is C18H16F3N3O. The molecule has 25 heavy (non-hydrogen) atoms. The Labute approximate surface area is 141 Å². The fourth-order valence-electron chi connectivity index (χ4n) is 3.76. The number of hydrogen-bond donors (Lipinski definition) is 2. The second kappa shape index (κ2) is 4.97. The first-order valence-corrected chi connectivity index (χ1v) is 7.93. The Morgan fingerprint density at radius 2 is 1.92 bits per heavy atom. The van der Waals surface area contributed by atoms with Crippen molar-refractivity contribution in [3.63, 3.8) is 0 Å². The zero-order valence-electron chi connectivity index (χ0n) is 13.7. The van der Waals surface area contributed by atoms with Crippen molar-refractivity contribution < 1.29 is 18.4 Å². The number of oxime groups is 1. The molecule has 3 aromatic rings. The van der Waals surface area contributed by atoms with Crippen LogP contribution in [0.5, 0.6) is 0 Å². The summed E-state index contributed by atoms with van der Waals surface area (Å²) in [6.45, 7) is 3.85. The minimum Gasteiger partial charge on any atom is -0.411 e. The fourth-order valence-corrected chi connectivity index (χ4v) is 3.76. The van der Waals surface area contributed by atoms with Gasteiger partial charge in [0.1, 0.15) is 0 Å². The van der Waals surface area contributed by atoms with Gasteiger partial charge in [0.25, 0.3) is 0 Å². The highest BCUT2D eigenvalue weighted by Crippen LogP contribution is 2.43. The summed E-state index contributed by atoms with van der Waals surface area (Å²) in [7, 11) is 0. The van der Waals surface area contributed by atoms with Crippen LogP contribution in [0, 0.1) is 5.41 Å². The summed E-state index contributed by atoms with van der Waals surface area (Å²) in [5.41, 5.74) is 0.503. The molecule has 1 aromatic carbocycles. The van der Waals surface area contributed by atoms with Gasteiger partial charge in [-0.15, -0.1) is 0 Å². The number of para-hydroxylation sites is 1. The SMILES string of the molecule is CC1(C)C/C(=N\O)c2c(nc(C(F)(F)F)c3[nH]c4ccccc4c23)C1. The number of benzene rings is 1. The van der Waals surface area contributed by atoms with Crippen molar-refractivity contribution in [3.05, 3.63) is 41.2 Å². The molecule has 0 unspecified atom stereocenters. The average molecular weight is 347 g/mol. The van der Waals surface area contributed by atoms with Crippen LogP contribution in [-0.4, -0.2) is 20.9 Å². The van der Waals surface area contributed by atoms with Crippen LogP contribution in [0.2, 0.25) is 0 Å². The zero-order valence-corrected chi connectivity index (χ0v) is 13.7. The van der Waals surface area contributed by atoms with Gasteiger partial charge in [0.05, 0.1) is 16.9 Å². The molecule has 0 amide bonds. The molecule has 2 N–H and O–H groups in total. The van der Waals surface area contributed by atoms with E-state index in [-0.39, 0.29) is 10.9 Å². The molecule has 0 spiro atoms. The van der Waals surface area contributed by atoms with E-state index in [2.05, 4.69) is 15.1 Å². The number of aromatic nitrogens is 2. The van der Waals surface area contributed by atoms with E-state index in [0.29, 0.717) is 46.1 Å². The molecule has 1 aliphatic rings. The minimum absolute atomic E-state index is 0.0618. The number of halogens is 3. The molecule has 4 rings (SSSR count). The van der Waals surface area contributed by atoms with Crippen LogP contribution in [0.25, 0.3) is 21.8 Å². The van der Waals surface area contributed by atoms with Crippen molar-refractivity contribution >= 4 is 27.5 Å². The number of aromatic amines is 1. The zero-order chi connectivity index (χ0) is 18.0. The number of alkyl halides is 3. The van der Waals surface area contributed by atoms with E-state index in [1.165, 1.54) is 0 Å².